The minimum absolute atomic E-state index is 0.431. The number of halogens is 1. The zero-order valence-electron chi connectivity index (χ0n) is 13.7. The number of nitrogens with zero attached hydrogens (tertiary/aromatic N) is 1. The Morgan fingerprint density at radius 3 is 2.76 bits per heavy atom. The average molecular weight is 352 g/mol. The molecule has 0 bridgehead atoms. The van der Waals surface area contributed by atoms with E-state index in [1.807, 2.05) is 42.6 Å². The molecule has 4 rings (SSSR count). The van der Waals surface area contributed by atoms with E-state index in [0.717, 1.165) is 32.9 Å². The van der Waals surface area contributed by atoms with Gasteiger partial charge in [-0.25, -0.2) is 0 Å². The number of fused-ring (bicyclic) bond motifs is 3. The molecular formula is C21H18ClNO2. The van der Waals surface area contributed by atoms with Crippen molar-refractivity contribution in [3.63, 3.8) is 0 Å². The first kappa shape index (κ1) is 16.0. The van der Waals surface area contributed by atoms with Crippen LogP contribution < -0.4 is 0 Å². The quantitative estimate of drug-likeness (QED) is 0.561. The minimum Gasteiger partial charge on any atom is -0.461 e. The smallest absolute Gasteiger partial charge is 0.242 e. The fourth-order valence-electron chi connectivity index (χ4n) is 3.06. The summed E-state index contributed by atoms with van der Waals surface area (Å²) in [4.78, 5) is 0. The second-order valence-corrected chi connectivity index (χ2v) is 6.40. The van der Waals surface area contributed by atoms with Crippen molar-refractivity contribution in [1.29, 1.82) is 0 Å². The molecule has 0 N–H and O–H groups in total. The highest BCUT2D eigenvalue weighted by Crippen LogP contribution is 2.34. The van der Waals surface area contributed by atoms with Crippen LogP contribution in [-0.4, -0.2) is 11.2 Å². The van der Waals surface area contributed by atoms with Crippen LogP contribution in [0.25, 0.3) is 17.1 Å². The first-order chi connectivity index (χ1) is 12.2. The number of aromatic nitrogens is 1. The van der Waals surface area contributed by atoms with Crippen LogP contribution in [0.15, 0.2) is 73.0 Å². The predicted molar refractivity (Wildman–Crippen MR) is 101 cm³/mol. The molecule has 2 heterocycles. The van der Waals surface area contributed by atoms with Gasteiger partial charge in [0, 0.05) is 23.0 Å². The Kier molecular flexibility index (Phi) is 4.35. The molecule has 1 aromatic heterocycles. The van der Waals surface area contributed by atoms with E-state index in [1.54, 1.807) is 6.08 Å². The molecule has 0 spiro atoms. The Labute approximate surface area is 151 Å². The van der Waals surface area contributed by atoms with Crippen LogP contribution >= 0.6 is 11.6 Å². The minimum atomic E-state index is -0.447. The number of benzene rings is 2. The molecule has 3 aromatic rings. The summed E-state index contributed by atoms with van der Waals surface area (Å²) in [5, 5.41) is 1.89. The zero-order chi connectivity index (χ0) is 17.2. The van der Waals surface area contributed by atoms with Crippen molar-refractivity contribution in [2.24, 2.45) is 0 Å². The van der Waals surface area contributed by atoms with Gasteiger partial charge in [-0.3, -0.25) is 0 Å². The maximum absolute atomic E-state index is 6.12. The van der Waals surface area contributed by atoms with Crippen molar-refractivity contribution in [2.75, 3.05) is 6.61 Å². The molecule has 1 unspecified atom stereocenters. The number of para-hydroxylation sites is 1. The fourth-order valence-corrected chi connectivity index (χ4v) is 3.19. The molecular weight excluding hydrogens is 334 g/mol. The second-order valence-electron chi connectivity index (χ2n) is 5.97. The summed E-state index contributed by atoms with van der Waals surface area (Å²) in [6.07, 6.45) is 4.00. The maximum Gasteiger partial charge on any atom is 0.242 e. The Morgan fingerprint density at radius 2 is 1.96 bits per heavy atom. The topological polar surface area (TPSA) is 23.4 Å². The molecule has 0 fully saturated rings. The van der Waals surface area contributed by atoms with E-state index in [4.69, 9.17) is 21.1 Å². The van der Waals surface area contributed by atoms with Crippen LogP contribution in [-0.2, 0) is 15.9 Å². The van der Waals surface area contributed by atoms with E-state index < -0.39 is 6.29 Å². The third kappa shape index (κ3) is 3.21. The first-order valence-corrected chi connectivity index (χ1v) is 8.56. The largest absolute Gasteiger partial charge is 0.461 e. The molecule has 0 aliphatic carbocycles. The molecule has 3 nitrogen and oxygen atoms in total. The number of allylic oxidation sites excluding steroid dienone is 1. The van der Waals surface area contributed by atoms with E-state index in [-0.39, 0.29) is 0 Å². The highest BCUT2D eigenvalue weighted by Gasteiger charge is 2.25. The van der Waals surface area contributed by atoms with E-state index in [0.29, 0.717) is 13.0 Å². The Hall–Kier alpha value is -2.49. The number of hydrogen-bond donors (Lipinski definition) is 0. The van der Waals surface area contributed by atoms with Crippen LogP contribution in [0.4, 0.5) is 0 Å². The van der Waals surface area contributed by atoms with Crippen LogP contribution in [0.5, 0.6) is 0 Å². The van der Waals surface area contributed by atoms with Crippen molar-refractivity contribution < 1.29 is 9.47 Å². The molecule has 1 atom stereocenters. The Bertz CT molecular complexity index is 940. The molecule has 0 amide bonds. The van der Waals surface area contributed by atoms with Gasteiger partial charge in [-0.15, -0.1) is 6.58 Å². The lowest BCUT2D eigenvalue weighted by atomic mass is 10.1. The van der Waals surface area contributed by atoms with Gasteiger partial charge >= 0.3 is 0 Å². The van der Waals surface area contributed by atoms with Gasteiger partial charge in [-0.2, -0.15) is 0 Å². The molecule has 1 aliphatic rings. The SMILES string of the molecule is C=CCOC1OC(Cc2ccc(Cl)cc2)=Cn2c1cc1ccccc12. The molecule has 4 heteroatoms. The van der Waals surface area contributed by atoms with Gasteiger partial charge in [-0.05, 0) is 29.8 Å². The van der Waals surface area contributed by atoms with Crippen LogP contribution in [0.2, 0.25) is 5.02 Å². The predicted octanol–water partition coefficient (Wildman–Crippen LogP) is 5.57. The van der Waals surface area contributed by atoms with Gasteiger partial charge < -0.3 is 14.0 Å². The molecule has 25 heavy (non-hydrogen) atoms. The third-order valence-electron chi connectivity index (χ3n) is 4.21. The third-order valence-corrected chi connectivity index (χ3v) is 4.46. The lowest BCUT2D eigenvalue weighted by Gasteiger charge is -2.26. The van der Waals surface area contributed by atoms with E-state index in [1.165, 1.54) is 0 Å². The standard InChI is InChI=1S/C21H18ClNO2/c1-2-11-24-21-20-13-16-5-3-4-6-19(16)23(20)14-18(25-21)12-15-7-9-17(22)10-8-15/h2-10,13-14,21H,1,11-12H2. The number of hydrogen-bond acceptors (Lipinski definition) is 2. The molecule has 126 valence electrons. The summed E-state index contributed by atoms with van der Waals surface area (Å²) in [6, 6.07) is 18.2. The van der Waals surface area contributed by atoms with Crippen molar-refractivity contribution in [3.05, 3.63) is 89.3 Å². The van der Waals surface area contributed by atoms with E-state index in [2.05, 4.69) is 29.3 Å². The molecule has 2 aromatic carbocycles. The molecule has 0 saturated heterocycles. The summed E-state index contributed by atoms with van der Waals surface area (Å²) >= 11 is 5.97. The Balaban J connectivity index is 1.72. The van der Waals surface area contributed by atoms with Crippen molar-refractivity contribution in [3.8, 4) is 0 Å². The number of ether oxygens (including phenoxy) is 2. The van der Waals surface area contributed by atoms with Crippen LogP contribution in [0, 0.1) is 0 Å². The molecule has 0 saturated carbocycles. The van der Waals surface area contributed by atoms with Gasteiger partial charge in [0.1, 0.15) is 5.76 Å². The van der Waals surface area contributed by atoms with E-state index in [9.17, 15) is 0 Å². The monoisotopic (exact) mass is 351 g/mol. The molecule has 0 radical (unpaired) electrons. The summed E-state index contributed by atoms with van der Waals surface area (Å²) < 4.78 is 14.1. The van der Waals surface area contributed by atoms with Gasteiger partial charge in [-0.1, -0.05) is 48.0 Å². The van der Waals surface area contributed by atoms with E-state index >= 15 is 0 Å². The molecule has 1 aliphatic heterocycles. The van der Waals surface area contributed by atoms with Crippen LogP contribution in [0.3, 0.4) is 0 Å². The Morgan fingerprint density at radius 1 is 1.16 bits per heavy atom. The highest BCUT2D eigenvalue weighted by atomic mass is 35.5. The summed E-state index contributed by atoms with van der Waals surface area (Å²) in [6.45, 7) is 4.16. The average Bonchev–Trinajstić information content (AvgIpc) is 3.01. The lowest BCUT2D eigenvalue weighted by molar-refractivity contribution is -0.118. The second kappa shape index (κ2) is 6.79. The van der Waals surface area contributed by atoms with Crippen molar-refractivity contribution in [2.45, 2.75) is 12.7 Å². The highest BCUT2D eigenvalue weighted by molar-refractivity contribution is 6.30. The summed E-state index contributed by atoms with van der Waals surface area (Å²) in [5.41, 5.74) is 3.27. The lowest BCUT2D eigenvalue weighted by Crippen LogP contribution is -2.18. The fraction of sp³-hybridized carbons (Fsp3) is 0.143. The summed E-state index contributed by atoms with van der Waals surface area (Å²) in [7, 11) is 0. The normalized spacial score (nSPS) is 16.2. The maximum atomic E-state index is 6.12. The van der Waals surface area contributed by atoms with Crippen molar-refractivity contribution >= 4 is 28.7 Å². The van der Waals surface area contributed by atoms with Gasteiger partial charge in [0.2, 0.25) is 6.29 Å². The summed E-state index contributed by atoms with van der Waals surface area (Å²) in [5.74, 6) is 0.852. The number of rotatable bonds is 5. The van der Waals surface area contributed by atoms with Gasteiger partial charge in [0.05, 0.1) is 17.8 Å². The zero-order valence-corrected chi connectivity index (χ0v) is 14.4. The first-order valence-electron chi connectivity index (χ1n) is 8.19. The van der Waals surface area contributed by atoms with Gasteiger partial charge in [0.25, 0.3) is 0 Å². The van der Waals surface area contributed by atoms with Crippen molar-refractivity contribution in [1.82, 2.24) is 4.57 Å². The van der Waals surface area contributed by atoms with Crippen LogP contribution in [0.1, 0.15) is 17.5 Å². The van der Waals surface area contributed by atoms with Gasteiger partial charge in [0.15, 0.2) is 0 Å².